The summed E-state index contributed by atoms with van der Waals surface area (Å²) >= 11 is 0. The van der Waals surface area contributed by atoms with E-state index in [0.717, 1.165) is 13.1 Å². The van der Waals surface area contributed by atoms with Crippen LogP contribution in [0.1, 0.15) is 58.8 Å². The van der Waals surface area contributed by atoms with Crippen LogP contribution in [0.3, 0.4) is 0 Å². The highest BCUT2D eigenvalue weighted by Gasteiger charge is 2.37. The molecule has 13 heteroatoms. The highest BCUT2D eigenvalue weighted by Crippen LogP contribution is 2.55. The standard InChI is InChI=1S/C21H27FN5O6P/c1-13(28)18(29)14-11-26(12-31-34(30,32-20(2,3)4)33-21(5,6)7)17-16(14)15(22)10-23-19(17)27-9-8-24-25-27/h8-11H,12H2,1-7H3. The summed E-state index contributed by atoms with van der Waals surface area (Å²) in [7, 11) is -4.15. The number of fused-ring (bicyclic) bond motifs is 1. The predicted octanol–water partition coefficient (Wildman–Crippen LogP) is 4.24. The molecule has 3 aromatic heterocycles. The van der Waals surface area contributed by atoms with E-state index in [2.05, 4.69) is 15.3 Å². The zero-order chi connectivity index (χ0) is 25.5. The monoisotopic (exact) mass is 495 g/mol. The number of aromatic nitrogens is 5. The number of nitrogens with zero attached hydrogens (tertiary/aromatic N) is 5. The van der Waals surface area contributed by atoms with Crippen molar-refractivity contribution in [3.05, 3.63) is 36.2 Å². The Kier molecular flexibility index (Phi) is 6.92. The Hall–Kier alpha value is -2.79. The summed E-state index contributed by atoms with van der Waals surface area (Å²) in [5, 5.41) is 7.44. The van der Waals surface area contributed by atoms with Gasteiger partial charge in [0.15, 0.2) is 17.4 Å². The molecule has 184 valence electrons. The number of hydrogen-bond donors (Lipinski definition) is 0. The fourth-order valence-electron chi connectivity index (χ4n) is 3.11. The number of carbonyl (C=O) groups is 2. The summed E-state index contributed by atoms with van der Waals surface area (Å²) in [4.78, 5) is 28.5. The van der Waals surface area contributed by atoms with Gasteiger partial charge in [0.25, 0.3) is 0 Å². The Morgan fingerprint density at radius 1 is 1.12 bits per heavy atom. The molecule has 0 amide bonds. The molecular weight excluding hydrogens is 468 g/mol. The number of rotatable bonds is 8. The van der Waals surface area contributed by atoms with Crippen LogP contribution in [0.4, 0.5) is 4.39 Å². The van der Waals surface area contributed by atoms with Crippen molar-refractivity contribution in [1.29, 1.82) is 0 Å². The Bertz CT molecular complexity index is 1250. The largest absolute Gasteiger partial charge is 0.477 e. The first-order chi connectivity index (χ1) is 15.6. The number of pyridine rings is 1. The first-order valence-corrected chi connectivity index (χ1v) is 11.8. The van der Waals surface area contributed by atoms with E-state index < -0.39 is 43.1 Å². The minimum absolute atomic E-state index is 0.0770. The fourth-order valence-corrected chi connectivity index (χ4v) is 4.86. The molecule has 0 saturated heterocycles. The minimum atomic E-state index is -4.15. The molecule has 3 heterocycles. The molecule has 3 aromatic rings. The van der Waals surface area contributed by atoms with Gasteiger partial charge in [-0.3, -0.25) is 23.2 Å². The van der Waals surface area contributed by atoms with Crippen molar-refractivity contribution in [2.24, 2.45) is 0 Å². The van der Waals surface area contributed by atoms with Gasteiger partial charge in [-0.1, -0.05) is 5.21 Å². The van der Waals surface area contributed by atoms with Gasteiger partial charge >= 0.3 is 7.82 Å². The third-order valence-corrected chi connectivity index (χ3v) is 6.13. The van der Waals surface area contributed by atoms with Crippen LogP contribution in [0.2, 0.25) is 0 Å². The zero-order valence-electron chi connectivity index (χ0n) is 20.0. The topological polar surface area (TPSA) is 127 Å². The van der Waals surface area contributed by atoms with E-state index in [1.807, 2.05) is 0 Å². The van der Waals surface area contributed by atoms with Crippen LogP contribution in [0.25, 0.3) is 16.7 Å². The van der Waals surface area contributed by atoms with Gasteiger partial charge in [0.05, 0.1) is 46.3 Å². The normalized spacial score (nSPS) is 12.9. The molecule has 3 rings (SSSR count). The van der Waals surface area contributed by atoms with Gasteiger partial charge in [-0.15, -0.1) is 5.10 Å². The molecule has 0 aliphatic rings. The van der Waals surface area contributed by atoms with Crippen LogP contribution in [-0.4, -0.2) is 47.3 Å². The second-order valence-corrected chi connectivity index (χ2v) is 11.0. The van der Waals surface area contributed by atoms with Crippen molar-refractivity contribution in [2.45, 2.75) is 66.4 Å². The molecule has 0 bridgehead atoms. The maximum atomic E-state index is 14.9. The smallest absolute Gasteiger partial charge is 0.319 e. The molecule has 11 nitrogen and oxygen atoms in total. The van der Waals surface area contributed by atoms with Crippen molar-refractivity contribution in [3.63, 3.8) is 0 Å². The number of phosphoric acid groups is 1. The van der Waals surface area contributed by atoms with Crippen molar-refractivity contribution in [2.75, 3.05) is 0 Å². The molecular formula is C21H27FN5O6P. The third-order valence-electron chi connectivity index (χ3n) is 4.16. The van der Waals surface area contributed by atoms with Gasteiger partial charge in [0, 0.05) is 13.1 Å². The van der Waals surface area contributed by atoms with Gasteiger partial charge in [0.2, 0.25) is 5.78 Å². The summed E-state index contributed by atoms with van der Waals surface area (Å²) in [6.07, 6.45) is 5.02. The third kappa shape index (κ3) is 5.82. The summed E-state index contributed by atoms with van der Waals surface area (Å²) in [5.74, 6) is -2.40. The number of phosphoric ester groups is 1. The molecule has 0 saturated carbocycles. The molecule has 0 fully saturated rings. The van der Waals surface area contributed by atoms with Crippen molar-refractivity contribution in [1.82, 2.24) is 24.5 Å². The Balaban J connectivity index is 2.16. The van der Waals surface area contributed by atoms with E-state index >= 15 is 0 Å². The predicted molar refractivity (Wildman–Crippen MR) is 120 cm³/mol. The number of Topliss-reactive ketones (excluding diaryl/α,β-unsaturated/α-hetero) is 2. The average molecular weight is 495 g/mol. The molecule has 34 heavy (non-hydrogen) atoms. The molecule has 0 aliphatic carbocycles. The van der Waals surface area contributed by atoms with Crippen molar-refractivity contribution >= 4 is 30.3 Å². The Labute approximate surface area is 195 Å². The van der Waals surface area contributed by atoms with Crippen molar-refractivity contribution < 1.29 is 32.1 Å². The quantitative estimate of drug-likeness (QED) is 0.256. The van der Waals surface area contributed by atoms with E-state index in [9.17, 15) is 18.5 Å². The lowest BCUT2D eigenvalue weighted by molar-refractivity contribution is -0.113. The maximum absolute atomic E-state index is 14.9. The molecule has 0 radical (unpaired) electrons. The molecule has 0 spiro atoms. The van der Waals surface area contributed by atoms with E-state index in [0.29, 0.717) is 0 Å². The number of halogens is 1. The van der Waals surface area contributed by atoms with E-state index in [-0.39, 0.29) is 22.3 Å². The summed E-state index contributed by atoms with van der Waals surface area (Å²) in [6.45, 7) is 10.7. The van der Waals surface area contributed by atoms with Gasteiger partial charge in [-0.05, 0) is 41.5 Å². The van der Waals surface area contributed by atoms with Crippen LogP contribution in [0, 0.1) is 5.82 Å². The van der Waals surface area contributed by atoms with E-state index in [1.54, 1.807) is 41.5 Å². The number of ketones is 2. The first kappa shape index (κ1) is 25.8. The van der Waals surface area contributed by atoms with Crippen LogP contribution in [-0.2, 0) is 29.7 Å². The lowest BCUT2D eigenvalue weighted by Crippen LogP contribution is -2.25. The molecule has 0 N–H and O–H groups in total. The number of hydrogen-bond acceptors (Lipinski definition) is 9. The highest BCUT2D eigenvalue weighted by molar-refractivity contribution is 7.48. The van der Waals surface area contributed by atoms with E-state index in [4.69, 9.17) is 13.6 Å². The van der Waals surface area contributed by atoms with Gasteiger partial charge in [0.1, 0.15) is 6.73 Å². The van der Waals surface area contributed by atoms with Crippen molar-refractivity contribution in [3.8, 4) is 5.82 Å². The summed E-state index contributed by atoms with van der Waals surface area (Å²) < 4.78 is 47.8. The lowest BCUT2D eigenvalue weighted by Gasteiger charge is -2.31. The van der Waals surface area contributed by atoms with Crippen LogP contribution in [0.5, 0.6) is 0 Å². The fraction of sp³-hybridized carbons (Fsp3) is 0.476. The molecule has 0 atom stereocenters. The summed E-state index contributed by atoms with van der Waals surface area (Å²) in [6, 6.07) is 0. The lowest BCUT2D eigenvalue weighted by atomic mass is 10.1. The highest BCUT2D eigenvalue weighted by atomic mass is 31.2. The molecule has 0 unspecified atom stereocenters. The van der Waals surface area contributed by atoms with E-state index in [1.165, 1.54) is 27.8 Å². The van der Waals surface area contributed by atoms with Crippen LogP contribution < -0.4 is 0 Å². The molecule has 0 aromatic carbocycles. The second kappa shape index (κ2) is 9.10. The Morgan fingerprint density at radius 3 is 2.24 bits per heavy atom. The first-order valence-electron chi connectivity index (χ1n) is 10.4. The average Bonchev–Trinajstić information content (AvgIpc) is 3.32. The molecule has 0 aliphatic heterocycles. The summed E-state index contributed by atoms with van der Waals surface area (Å²) in [5.41, 5.74) is -1.88. The van der Waals surface area contributed by atoms with Gasteiger partial charge < -0.3 is 4.57 Å². The second-order valence-electron chi connectivity index (χ2n) is 9.51. The Morgan fingerprint density at radius 2 is 1.74 bits per heavy atom. The number of carbonyl (C=O) groups excluding carboxylic acids is 2. The zero-order valence-corrected chi connectivity index (χ0v) is 20.9. The SMILES string of the molecule is CC(=O)C(=O)c1cn(COP(=O)(OC(C)(C)C)OC(C)(C)C)c2c(-n3ccnn3)ncc(F)c12. The maximum Gasteiger partial charge on any atom is 0.477 e. The van der Waals surface area contributed by atoms with Crippen LogP contribution in [0.15, 0.2) is 24.8 Å². The van der Waals surface area contributed by atoms with Gasteiger partial charge in [-0.25, -0.2) is 18.6 Å². The van der Waals surface area contributed by atoms with Gasteiger partial charge in [-0.2, -0.15) is 0 Å². The minimum Gasteiger partial charge on any atom is -0.319 e. The van der Waals surface area contributed by atoms with Crippen LogP contribution >= 0.6 is 7.82 Å².